The Bertz CT molecular complexity index is 860. The minimum Gasteiger partial charge on any atom is -0.456 e. The van der Waals surface area contributed by atoms with E-state index in [9.17, 15) is 18.8 Å². The highest BCUT2D eigenvalue weighted by Gasteiger charge is 2.29. The normalized spacial score (nSPS) is 14.7. The van der Waals surface area contributed by atoms with Crippen LogP contribution in [0.2, 0.25) is 0 Å². The maximum Gasteiger partial charge on any atom is 0.290 e. The third-order valence-corrected chi connectivity index (χ3v) is 3.99. The molecule has 0 aliphatic carbocycles. The van der Waals surface area contributed by atoms with Crippen molar-refractivity contribution in [3.8, 4) is 0 Å². The summed E-state index contributed by atoms with van der Waals surface area (Å²) in [6.45, 7) is 2.56. The van der Waals surface area contributed by atoms with Gasteiger partial charge in [-0.1, -0.05) is 12.1 Å². The molecule has 0 atom stereocenters. The molecule has 0 N–H and O–H groups in total. The van der Waals surface area contributed by atoms with E-state index in [4.69, 9.17) is 4.42 Å². The van der Waals surface area contributed by atoms with Gasteiger partial charge in [0.25, 0.3) is 5.91 Å². The van der Waals surface area contributed by atoms with E-state index in [1.54, 1.807) is 24.0 Å². The third kappa shape index (κ3) is 3.93. The van der Waals surface area contributed by atoms with Crippen LogP contribution in [-0.2, 0) is 11.3 Å². The minimum absolute atomic E-state index is 0.0650. The molecule has 2 aromatic rings. The Hall–Kier alpha value is -2.96. The molecule has 2 heterocycles. The van der Waals surface area contributed by atoms with E-state index in [1.807, 2.05) is 0 Å². The lowest BCUT2D eigenvalue weighted by atomic mass is 10.2. The number of hydrogen-bond donors (Lipinski definition) is 0. The van der Waals surface area contributed by atoms with Crippen molar-refractivity contribution in [2.75, 3.05) is 19.6 Å². The molecule has 0 radical (unpaired) electrons. The van der Waals surface area contributed by atoms with Gasteiger partial charge in [-0.25, -0.2) is 4.39 Å². The van der Waals surface area contributed by atoms with Gasteiger partial charge in [0.2, 0.25) is 5.91 Å². The lowest BCUT2D eigenvalue weighted by Crippen LogP contribution is -2.51. The molecule has 1 aromatic carbocycles. The Labute approximate surface area is 143 Å². The van der Waals surface area contributed by atoms with Gasteiger partial charge in [-0.2, -0.15) is 0 Å². The Morgan fingerprint density at radius 2 is 1.88 bits per heavy atom. The Morgan fingerprint density at radius 3 is 2.52 bits per heavy atom. The van der Waals surface area contributed by atoms with Crippen LogP contribution < -0.4 is 5.43 Å². The summed E-state index contributed by atoms with van der Waals surface area (Å²) >= 11 is 0. The molecule has 2 amide bonds. The number of aryl methyl sites for hydroxylation is 1. The monoisotopic (exact) mass is 344 g/mol. The number of benzene rings is 1. The molecule has 1 aliphatic heterocycles. The van der Waals surface area contributed by atoms with Crippen LogP contribution in [0.5, 0.6) is 0 Å². The molecule has 3 rings (SSSR count). The molecule has 130 valence electrons. The lowest BCUT2D eigenvalue weighted by molar-refractivity contribution is -0.135. The summed E-state index contributed by atoms with van der Waals surface area (Å²) in [4.78, 5) is 39.2. The quantitative estimate of drug-likeness (QED) is 0.847. The summed E-state index contributed by atoms with van der Waals surface area (Å²) in [5.41, 5.74) is 0.507. The first kappa shape index (κ1) is 16.9. The molecule has 6 nitrogen and oxygen atoms in total. The zero-order valence-corrected chi connectivity index (χ0v) is 13.7. The Balaban J connectivity index is 1.66. The fourth-order valence-electron chi connectivity index (χ4n) is 2.72. The maximum absolute atomic E-state index is 12.9. The number of halogens is 1. The first-order valence-electron chi connectivity index (χ1n) is 7.85. The molecule has 0 unspecified atom stereocenters. The summed E-state index contributed by atoms with van der Waals surface area (Å²) in [5.74, 6) is -0.735. The number of amides is 2. The minimum atomic E-state index is -0.476. The van der Waals surface area contributed by atoms with E-state index < -0.39 is 5.91 Å². The van der Waals surface area contributed by atoms with Crippen molar-refractivity contribution in [1.29, 1.82) is 0 Å². The van der Waals surface area contributed by atoms with Crippen LogP contribution in [-0.4, -0.2) is 41.2 Å². The van der Waals surface area contributed by atoms with Crippen LogP contribution in [0.15, 0.2) is 45.6 Å². The van der Waals surface area contributed by atoms with Gasteiger partial charge < -0.3 is 14.2 Å². The van der Waals surface area contributed by atoms with Crippen LogP contribution >= 0.6 is 0 Å². The number of hydrogen-bond acceptors (Lipinski definition) is 4. The molecule has 1 fully saturated rings. The number of piperazine rings is 1. The summed E-state index contributed by atoms with van der Waals surface area (Å²) in [7, 11) is 0. The molecule has 0 bridgehead atoms. The Morgan fingerprint density at radius 1 is 1.16 bits per heavy atom. The number of carbonyl (C=O) groups is 2. The molecule has 7 heteroatoms. The highest BCUT2D eigenvalue weighted by molar-refractivity contribution is 5.94. The van der Waals surface area contributed by atoms with E-state index in [1.165, 1.54) is 23.1 Å². The second-order valence-corrected chi connectivity index (χ2v) is 5.94. The summed E-state index contributed by atoms with van der Waals surface area (Å²) in [5, 5.41) is 0. The second kappa shape index (κ2) is 6.88. The van der Waals surface area contributed by atoms with Crippen LogP contribution in [0.25, 0.3) is 0 Å². The van der Waals surface area contributed by atoms with E-state index in [2.05, 4.69) is 0 Å². The average Bonchev–Trinajstić information content (AvgIpc) is 2.57. The van der Waals surface area contributed by atoms with Gasteiger partial charge in [-0.3, -0.25) is 14.4 Å². The average molecular weight is 344 g/mol. The fourth-order valence-corrected chi connectivity index (χ4v) is 2.72. The predicted molar refractivity (Wildman–Crippen MR) is 87.4 cm³/mol. The molecule has 1 aromatic heterocycles. The first-order valence-corrected chi connectivity index (χ1v) is 7.85. The summed E-state index contributed by atoms with van der Waals surface area (Å²) in [6, 6.07) is 8.37. The van der Waals surface area contributed by atoms with Crippen LogP contribution in [0, 0.1) is 12.7 Å². The van der Waals surface area contributed by atoms with E-state index in [0.29, 0.717) is 25.4 Å². The maximum atomic E-state index is 12.9. The van der Waals surface area contributed by atoms with Crippen molar-refractivity contribution in [2.24, 2.45) is 0 Å². The van der Waals surface area contributed by atoms with Gasteiger partial charge >= 0.3 is 0 Å². The van der Waals surface area contributed by atoms with Gasteiger partial charge in [-0.15, -0.1) is 0 Å². The number of nitrogens with zero attached hydrogens (tertiary/aromatic N) is 2. The number of carbonyl (C=O) groups excluding carboxylic acids is 2. The van der Waals surface area contributed by atoms with Gasteiger partial charge in [0.1, 0.15) is 18.1 Å². The standard InChI is InChI=1S/C18H17FN2O4/c1-12-8-15(22)9-16(25-12)18(24)21-7-6-20(17(23)11-21)10-13-2-4-14(19)5-3-13/h2-5,8-9H,6-7,10-11H2,1H3. The molecular formula is C18H17FN2O4. The lowest BCUT2D eigenvalue weighted by Gasteiger charge is -2.34. The molecule has 0 saturated carbocycles. The highest BCUT2D eigenvalue weighted by Crippen LogP contribution is 2.13. The van der Waals surface area contributed by atoms with Gasteiger partial charge in [0.15, 0.2) is 11.2 Å². The van der Waals surface area contributed by atoms with Crippen molar-refractivity contribution < 1.29 is 18.4 Å². The zero-order chi connectivity index (χ0) is 18.0. The van der Waals surface area contributed by atoms with Crippen LogP contribution in [0.1, 0.15) is 21.9 Å². The van der Waals surface area contributed by atoms with Crippen molar-refractivity contribution in [3.05, 3.63) is 69.5 Å². The van der Waals surface area contributed by atoms with E-state index in [-0.39, 0.29) is 29.5 Å². The van der Waals surface area contributed by atoms with Crippen LogP contribution in [0.3, 0.4) is 0 Å². The topological polar surface area (TPSA) is 70.8 Å². The second-order valence-electron chi connectivity index (χ2n) is 5.94. The first-order chi connectivity index (χ1) is 11.9. The van der Waals surface area contributed by atoms with Crippen LogP contribution in [0.4, 0.5) is 4.39 Å². The van der Waals surface area contributed by atoms with Gasteiger partial charge in [0, 0.05) is 31.8 Å². The van der Waals surface area contributed by atoms with Crippen molar-refractivity contribution in [3.63, 3.8) is 0 Å². The molecule has 0 spiro atoms. The zero-order valence-electron chi connectivity index (χ0n) is 13.7. The van der Waals surface area contributed by atoms with Gasteiger partial charge in [0.05, 0.1) is 0 Å². The predicted octanol–water partition coefficient (Wildman–Crippen LogP) is 1.57. The summed E-state index contributed by atoms with van der Waals surface area (Å²) in [6.07, 6.45) is 0. The SMILES string of the molecule is Cc1cc(=O)cc(C(=O)N2CCN(Cc3ccc(F)cc3)C(=O)C2)o1. The molecular weight excluding hydrogens is 327 g/mol. The van der Waals surface area contributed by atoms with Gasteiger partial charge in [-0.05, 0) is 24.6 Å². The summed E-state index contributed by atoms with van der Waals surface area (Å²) < 4.78 is 18.2. The molecule has 1 aliphatic rings. The highest BCUT2D eigenvalue weighted by atomic mass is 19.1. The van der Waals surface area contributed by atoms with E-state index in [0.717, 1.165) is 11.6 Å². The molecule has 25 heavy (non-hydrogen) atoms. The molecule has 1 saturated heterocycles. The van der Waals surface area contributed by atoms with Crippen molar-refractivity contribution in [2.45, 2.75) is 13.5 Å². The largest absolute Gasteiger partial charge is 0.456 e. The smallest absolute Gasteiger partial charge is 0.290 e. The fraction of sp³-hybridized carbons (Fsp3) is 0.278. The third-order valence-electron chi connectivity index (χ3n) is 3.99. The van der Waals surface area contributed by atoms with Crippen molar-refractivity contribution in [1.82, 2.24) is 9.80 Å². The Kier molecular flexibility index (Phi) is 4.65. The van der Waals surface area contributed by atoms with Crippen molar-refractivity contribution >= 4 is 11.8 Å². The number of rotatable bonds is 3. The van der Waals surface area contributed by atoms with E-state index >= 15 is 0 Å².